The monoisotopic (exact) mass is 1720 g/mol. The lowest BCUT2D eigenvalue weighted by Gasteiger charge is -2.21. The molecular weight excluding hydrogens is 1590 g/mol. The van der Waals surface area contributed by atoms with Gasteiger partial charge in [-0.3, -0.25) is 23.2 Å². The molecule has 2 unspecified atom stereocenters. The SMILES string of the molecule is CCCCCCCCCCCCCCCCCC(=O)OCC(COP(=O)(O)OCCNC(=O)OCNC(=O)NCCNc1nc(Nc2ccccc2)nc(Nc2ccc(/C=C/c3ccc(Nc4nc(Cc5ccccc5)nc(N(CCO)CCO)n4)cc3S(=O)(=O)O)cc2)n1)OC(=O)CCCCCCCCCCCCCCCCC.O=S(=O)=O. The molecule has 0 aliphatic heterocycles. The molecule has 6 aromatic rings. The third-order valence-electron chi connectivity index (χ3n) is 18.6. The lowest BCUT2D eigenvalue weighted by molar-refractivity contribution is -0.161. The van der Waals surface area contributed by atoms with Gasteiger partial charge in [-0.2, -0.15) is 38.3 Å². The number of carbonyl (C=O) groups excluding carboxylic acids is 4. The van der Waals surface area contributed by atoms with Gasteiger partial charge in [-0.25, -0.2) is 14.2 Å². The Kier molecular flexibility index (Phi) is 51.4. The van der Waals surface area contributed by atoms with Crippen molar-refractivity contribution in [1.29, 1.82) is 0 Å². The van der Waals surface area contributed by atoms with E-state index in [1.165, 1.54) is 153 Å². The van der Waals surface area contributed by atoms with Gasteiger partial charge in [0.15, 0.2) is 12.8 Å². The number of alkyl carbamates (subject to hydrolysis) is 1. The van der Waals surface area contributed by atoms with E-state index in [4.69, 9.17) is 35.9 Å². The second-order valence-electron chi connectivity index (χ2n) is 28.6. The summed E-state index contributed by atoms with van der Waals surface area (Å²) in [7, 11) is -12.6. The first-order chi connectivity index (χ1) is 57.6. The molecule has 658 valence electrons. The Balaban J connectivity index is 0.00000616. The Hall–Kier alpha value is -9.32. The highest BCUT2D eigenvalue weighted by Crippen LogP contribution is 2.43. The Morgan fingerprint density at radius 1 is 0.513 bits per heavy atom. The predicted octanol–water partition coefficient (Wildman–Crippen LogP) is 15.6. The zero-order valence-corrected chi connectivity index (χ0v) is 71.5. The molecule has 36 heteroatoms. The van der Waals surface area contributed by atoms with Gasteiger partial charge in [0.2, 0.25) is 29.7 Å². The number of amides is 3. The van der Waals surface area contributed by atoms with Crippen molar-refractivity contribution in [2.75, 3.05) is 98.7 Å². The van der Waals surface area contributed by atoms with Gasteiger partial charge in [-0.15, -0.1) is 12.6 Å². The number of aliphatic hydroxyl groups excluding tert-OH is 2. The van der Waals surface area contributed by atoms with Crippen LogP contribution in [0.5, 0.6) is 0 Å². The average Bonchev–Trinajstić information content (AvgIpc) is 0.812. The molecular formula is C83H125N14O19PS2. The quantitative estimate of drug-likeness (QED) is 0.00321. The molecule has 2 aromatic heterocycles. The Morgan fingerprint density at radius 3 is 1.52 bits per heavy atom. The van der Waals surface area contributed by atoms with E-state index >= 15 is 0 Å². The number of aliphatic hydroxyl groups is 2. The van der Waals surface area contributed by atoms with Crippen molar-refractivity contribution in [3.63, 3.8) is 0 Å². The Morgan fingerprint density at radius 2 is 0.992 bits per heavy atom. The van der Waals surface area contributed by atoms with Crippen molar-refractivity contribution >= 4 is 112 Å². The van der Waals surface area contributed by atoms with Crippen molar-refractivity contribution in [3.05, 3.63) is 126 Å². The maximum Gasteiger partial charge on any atom is 0.472 e. The summed E-state index contributed by atoms with van der Waals surface area (Å²) in [5, 5.41) is 39.2. The summed E-state index contributed by atoms with van der Waals surface area (Å²) < 4.78 is 101. The third kappa shape index (κ3) is 47.9. The number of ether oxygens (including phenoxy) is 3. The molecule has 0 spiro atoms. The topological polar surface area (TPSA) is 463 Å². The highest BCUT2D eigenvalue weighted by atomic mass is 32.2. The number of urea groups is 1. The molecule has 0 aliphatic rings. The van der Waals surface area contributed by atoms with Crippen LogP contribution in [0.25, 0.3) is 12.2 Å². The minimum absolute atomic E-state index is 0.0554. The fraction of sp³-hybridized carbons (Fsp3) is 0.566. The van der Waals surface area contributed by atoms with E-state index in [-0.39, 0.29) is 106 Å². The van der Waals surface area contributed by atoms with E-state index in [0.717, 1.165) is 50.5 Å². The maximum atomic E-state index is 13.0. The number of unbranched alkanes of at least 4 members (excludes halogenated alkanes) is 28. The zero-order valence-electron chi connectivity index (χ0n) is 69.0. The number of para-hydroxylation sites is 1. The number of rotatable bonds is 64. The van der Waals surface area contributed by atoms with E-state index in [0.29, 0.717) is 42.0 Å². The number of phosphoric acid groups is 1. The fourth-order valence-corrected chi connectivity index (χ4v) is 13.8. The molecule has 4 aromatic carbocycles. The highest BCUT2D eigenvalue weighted by Gasteiger charge is 2.27. The van der Waals surface area contributed by atoms with Crippen LogP contribution < -0.4 is 42.1 Å². The number of esters is 2. The molecule has 2 atom stereocenters. The molecule has 6 rings (SSSR count). The van der Waals surface area contributed by atoms with Gasteiger partial charge in [-0.1, -0.05) is 273 Å². The van der Waals surface area contributed by atoms with Gasteiger partial charge in [0.05, 0.1) is 26.4 Å². The number of anilines is 8. The highest BCUT2D eigenvalue weighted by molar-refractivity contribution is 7.86. The van der Waals surface area contributed by atoms with E-state index in [2.05, 4.69) is 81.0 Å². The minimum atomic E-state index is -4.77. The van der Waals surface area contributed by atoms with Crippen molar-refractivity contribution in [2.45, 2.75) is 237 Å². The van der Waals surface area contributed by atoms with Crippen LogP contribution in [-0.2, 0) is 64.6 Å². The third-order valence-corrected chi connectivity index (χ3v) is 20.5. The van der Waals surface area contributed by atoms with Crippen molar-refractivity contribution in [2.24, 2.45) is 0 Å². The normalized spacial score (nSPS) is 12.0. The van der Waals surface area contributed by atoms with Crippen LogP contribution in [0.1, 0.15) is 242 Å². The maximum absolute atomic E-state index is 13.0. The number of aromatic nitrogens is 6. The van der Waals surface area contributed by atoms with Crippen LogP contribution in [-0.4, -0.2) is 173 Å². The van der Waals surface area contributed by atoms with Crippen LogP contribution in [0, 0.1) is 0 Å². The summed E-state index contributed by atoms with van der Waals surface area (Å²) in [6.07, 6.45) is 37.3. The molecule has 11 N–H and O–H groups in total. The van der Waals surface area contributed by atoms with E-state index in [1.807, 2.05) is 60.7 Å². The lowest BCUT2D eigenvalue weighted by Crippen LogP contribution is -2.40. The lowest BCUT2D eigenvalue weighted by atomic mass is 10.0. The zero-order chi connectivity index (χ0) is 85.8. The van der Waals surface area contributed by atoms with Crippen LogP contribution in [0.2, 0.25) is 0 Å². The molecule has 33 nitrogen and oxygen atoms in total. The molecule has 0 saturated heterocycles. The molecule has 2 heterocycles. The number of hydrogen-bond donors (Lipinski definition) is 11. The number of nitrogens with zero attached hydrogens (tertiary/aromatic N) is 7. The van der Waals surface area contributed by atoms with Gasteiger partial charge in [0.1, 0.15) is 17.3 Å². The molecule has 0 aliphatic carbocycles. The summed E-state index contributed by atoms with van der Waals surface area (Å²) in [5.74, 6) is 0.0768. The van der Waals surface area contributed by atoms with Gasteiger partial charge in [0.25, 0.3) is 10.1 Å². The van der Waals surface area contributed by atoms with E-state index in [1.54, 1.807) is 41.3 Å². The molecule has 0 saturated carbocycles. The first-order valence-corrected chi connectivity index (χ1v) is 45.7. The van der Waals surface area contributed by atoms with Gasteiger partial charge >= 0.3 is 42.5 Å². The minimum Gasteiger partial charge on any atom is -0.462 e. The molecule has 0 fully saturated rings. The van der Waals surface area contributed by atoms with Crippen LogP contribution in [0.4, 0.5) is 56.4 Å². The fourth-order valence-electron chi connectivity index (χ4n) is 12.4. The van der Waals surface area contributed by atoms with Gasteiger partial charge < -0.3 is 71.4 Å². The number of nitrogens with one attached hydrogen (secondary N) is 7. The average molecular weight is 1720 g/mol. The first kappa shape index (κ1) is 100. The first-order valence-electron chi connectivity index (χ1n) is 41.8. The Labute approximate surface area is 702 Å². The molecule has 119 heavy (non-hydrogen) atoms. The van der Waals surface area contributed by atoms with E-state index in [9.17, 15) is 51.8 Å². The second-order valence-corrected chi connectivity index (χ2v) is 31.8. The van der Waals surface area contributed by atoms with Crippen molar-refractivity contribution < 1.29 is 87.7 Å². The van der Waals surface area contributed by atoms with Crippen LogP contribution in [0.15, 0.2) is 108 Å². The van der Waals surface area contributed by atoms with E-state index < -0.39 is 83.6 Å². The summed E-state index contributed by atoms with van der Waals surface area (Å²) >= 11 is 0. The van der Waals surface area contributed by atoms with Crippen molar-refractivity contribution in [1.82, 2.24) is 45.9 Å². The van der Waals surface area contributed by atoms with Gasteiger partial charge in [-0.05, 0) is 65.9 Å². The summed E-state index contributed by atoms with van der Waals surface area (Å²) in [4.78, 5) is 90.0. The molecule has 0 bridgehead atoms. The summed E-state index contributed by atoms with van der Waals surface area (Å²) in [6.45, 7) is 2.16. The van der Waals surface area contributed by atoms with Gasteiger partial charge in [0, 0.05) is 69.0 Å². The Bertz CT molecular complexity index is 4160. The summed E-state index contributed by atoms with van der Waals surface area (Å²) in [6, 6.07) is 29.4. The predicted molar refractivity (Wildman–Crippen MR) is 459 cm³/mol. The van der Waals surface area contributed by atoms with Crippen LogP contribution >= 0.6 is 7.82 Å². The molecule has 0 radical (unpaired) electrons. The number of phosphoric ester groups is 1. The van der Waals surface area contributed by atoms with Crippen molar-refractivity contribution in [3.8, 4) is 0 Å². The largest absolute Gasteiger partial charge is 0.472 e. The second kappa shape index (κ2) is 61.0. The number of carbonyl (C=O) groups is 4. The number of benzene rings is 4. The molecule has 3 amide bonds. The summed E-state index contributed by atoms with van der Waals surface area (Å²) in [5.41, 5.74) is 3.26. The smallest absolute Gasteiger partial charge is 0.462 e. The standard InChI is InChI=1S/C83H125N14O16PS.O3S/c1-3-5-7-9-11-13-15-17-19-21-23-25-27-29-37-43-75(100)109-63-72(113-76(101)44-38-30-28-26-24-22-20-18-16-14-12-10-8-6-4-2)64-112-114(104,105)111-60-55-86-83(103)110-65-87-82(102)85-54-53-84-77-93-79(88-69-41-35-32-36-42-69)95-80(94-77)89-70-50-46-66(47-51-70)45-48-68-49-52-71(62-73(68)115(106,107)108)90-78-91-74(61-67-39-33-31-34-40-67)92-81(96-78)97(56-58-98)57-59-99;1-4(2)3/h31-36,39-42,45-52,62,72,98-99H,3-30,37-38,43-44,53-61,63-65H2,1-2H3,(H,86,103)(H,104,105)(H2,85,87,102)(H,106,107,108)(H,90,91,92,96)(H3,84,88,89,93,94,95);/b48-45+;. The van der Waals surface area contributed by atoms with Crippen LogP contribution in [0.3, 0.4) is 0 Å². The number of hydrogen-bond acceptors (Lipinski definition) is 28.